The van der Waals surface area contributed by atoms with Crippen molar-refractivity contribution in [3.8, 4) is 11.5 Å². The molecule has 2 rings (SSSR count). The Bertz CT molecular complexity index is 692. The second-order valence-electron chi connectivity index (χ2n) is 7.06. The minimum atomic E-state index is -0.638. The molecule has 0 fully saturated rings. The average Bonchev–Trinajstić information content (AvgIpc) is 2.85. The van der Waals surface area contributed by atoms with Crippen molar-refractivity contribution < 1.29 is 20.1 Å². The normalized spacial score (nSPS) is 20.1. The summed E-state index contributed by atoms with van der Waals surface area (Å²) in [5.41, 5.74) is 2.30. The van der Waals surface area contributed by atoms with Gasteiger partial charge in [-0.1, -0.05) is 31.9 Å². The number of phenols is 2. The molecular weight excluding hydrogens is 316 g/mol. The first-order valence-corrected chi connectivity index (χ1v) is 8.91. The Morgan fingerprint density at radius 3 is 2.24 bits per heavy atom. The van der Waals surface area contributed by atoms with Gasteiger partial charge in [0.1, 0.15) is 17.3 Å². The lowest BCUT2D eigenvalue weighted by molar-refractivity contribution is -0.113. The van der Waals surface area contributed by atoms with Gasteiger partial charge in [0.2, 0.25) is 0 Å². The van der Waals surface area contributed by atoms with Crippen molar-refractivity contribution in [3.05, 3.63) is 46.7 Å². The number of aliphatic hydroxyl groups is 1. The molecule has 0 saturated carbocycles. The van der Waals surface area contributed by atoms with Gasteiger partial charge in [-0.05, 0) is 56.7 Å². The van der Waals surface area contributed by atoms with E-state index in [9.17, 15) is 20.1 Å². The van der Waals surface area contributed by atoms with Crippen molar-refractivity contribution >= 4 is 5.78 Å². The minimum Gasteiger partial charge on any atom is -0.511 e. The van der Waals surface area contributed by atoms with Crippen LogP contribution in [-0.4, -0.2) is 21.1 Å². The van der Waals surface area contributed by atoms with E-state index in [-0.39, 0.29) is 34.5 Å². The van der Waals surface area contributed by atoms with Crippen LogP contribution in [0.15, 0.2) is 35.6 Å². The van der Waals surface area contributed by atoms with Gasteiger partial charge in [0.25, 0.3) is 0 Å². The zero-order valence-corrected chi connectivity index (χ0v) is 15.3. The van der Waals surface area contributed by atoms with Crippen molar-refractivity contribution in [3.63, 3.8) is 0 Å². The van der Waals surface area contributed by atoms with E-state index in [4.69, 9.17) is 0 Å². The fourth-order valence-electron chi connectivity index (χ4n) is 3.66. The first kappa shape index (κ1) is 19.1. The van der Waals surface area contributed by atoms with E-state index in [1.807, 2.05) is 6.92 Å². The van der Waals surface area contributed by atoms with E-state index in [1.54, 1.807) is 12.1 Å². The minimum absolute atomic E-state index is 0.0425. The number of hydrogen-bond donors (Lipinski definition) is 3. The molecule has 1 aromatic carbocycles. The van der Waals surface area contributed by atoms with Crippen molar-refractivity contribution in [2.24, 2.45) is 5.92 Å². The number of aromatic hydroxyl groups is 2. The maximum absolute atomic E-state index is 11.8. The third-order valence-corrected chi connectivity index (χ3v) is 5.06. The van der Waals surface area contributed by atoms with Gasteiger partial charge in [-0.25, -0.2) is 0 Å². The Balaban J connectivity index is 2.44. The van der Waals surface area contributed by atoms with Crippen LogP contribution in [0, 0.1) is 5.92 Å². The zero-order chi connectivity index (χ0) is 18.7. The molecule has 0 aliphatic heterocycles. The van der Waals surface area contributed by atoms with E-state index < -0.39 is 5.92 Å². The molecule has 2 unspecified atom stereocenters. The number of phenolic OH excluding ortho intramolecular Hbond substituents is 2. The maximum Gasteiger partial charge on any atom is 0.159 e. The van der Waals surface area contributed by atoms with Gasteiger partial charge in [-0.15, -0.1) is 0 Å². The standard InChI is InChI=1S/C21H28O4/c1-5-6-7-8-14-9-17(23)20(18(24)10-14)19-15(12(2)3)11-16(13(4)22)21(19)25/h9-10,15,19,23-25H,2,5-8,11H2,1,3-4H3. The quantitative estimate of drug-likeness (QED) is 0.485. The van der Waals surface area contributed by atoms with Crippen LogP contribution in [0.2, 0.25) is 0 Å². The van der Waals surface area contributed by atoms with Gasteiger partial charge < -0.3 is 15.3 Å². The highest BCUT2D eigenvalue weighted by Crippen LogP contribution is 2.51. The Morgan fingerprint density at radius 1 is 1.16 bits per heavy atom. The summed E-state index contributed by atoms with van der Waals surface area (Å²) < 4.78 is 0. The SMILES string of the molecule is C=C(C)C1CC(C(C)=O)=C(O)C1c1c(O)cc(CCCCC)cc1O. The third-order valence-electron chi connectivity index (χ3n) is 5.06. The molecule has 4 nitrogen and oxygen atoms in total. The first-order chi connectivity index (χ1) is 11.8. The summed E-state index contributed by atoms with van der Waals surface area (Å²) in [6.45, 7) is 9.33. The van der Waals surface area contributed by atoms with Crippen molar-refractivity contribution in [1.29, 1.82) is 0 Å². The highest BCUT2D eigenvalue weighted by atomic mass is 16.3. The topological polar surface area (TPSA) is 77.8 Å². The van der Waals surface area contributed by atoms with Crippen LogP contribution < -0.4 is 0 Å². The Morgan fingerprint density at radius 2 is 1.76 bits per heavy atom. The van der Waals surface area contributed by atoms with Crippen LogP contribution in [0.5, 0.6) is 11.5 Å². The predicted molar refractivity (Wildman–Crippen MR) is 99.0 cm³/mol. The largest absolute Gasteiger partial charge is 0.511 e. The van der Waals surface area contributed by atoms with E-state index in [2.05, 4.69) is 13.5 Å². The van der Waals surface area contributed by atoms with E-state index in [0.717, 1.165) is 36.8 Å². The monoisotopic (exact) mass is 344 g/mol. The molecule has 0 heterocycles. The third kappa shape index (κ3) is 3.89. The summed E-state index contributed by atoms with van der Waals surface area (Å²) in [5, 5.41) is 31.6. The fraction of sp³-hybridized carbons (Fsp3) is 0.476. The number of aliphatic hydroxyl groups excluding tert-OH is 1. The molecule has 0 bridgehead atoms. The van der Waals surface area contributed by atoms with Crippen LogP contribution in [0.4, 0.5) is 0 Å². The molecule has 3 N–H and O–H groups in total. The number of rotatable bonds is 7. The highest BCUT2D eigenvalue weighted by Gasteiger charge is 2.40. The molecule has 0 aromatic heterocycles. The maximum atomic E-state index is 11.8. The van der Waals surface area contributed by atoms with Crippen LogP contribution in [0.1, 0.15) is 63.5 Å². The van der Waals surface area contributed by atoms with E-state index in [1.165, 1.54) is 6.92 Å². The second kappa shape index (κ2) is 7.77. The number of ketones is 1. The lowest BCUT2D eigenvalue weighted by Gasteiger charge is -2.23. The number of benzene rings is 1. The van der Waals surface area contributed by atoms with Crippen LogP contribution in [0.3, 0.4) is 0 Å². The summed E-state index contributed by atoms with van der Waals surface area (Å²) in [6.07, 6.45) is 4.34. The van der Waals surface area contributed by atoms with Crippen molar-refractivity contribution in [2.45, 2.75) is 58.8 Å². The van der Waals surface area contributed by atoms with Gasteiger partial charge in [0.05, 0.1) is 5.92 Å². The molecule has 1 aromatic rings. The van der Waals surface area contributed by atoms with Gasteiger partial charge in [-0.2, -0.15) is 0 Å². The molecule has 0 radical (unpaired) electrons. The lowest BCUT2D eigenvalue weighted by atomic mass is 9.82. The molecule has 0 saturated heterocycles. The number of unbranched alkanes of at least 4 members (excludes halogenated alkanes) is 2. The number of carbonyl (C=O) groups is 1. The molecule has 136 valence electrons. The average molecular weight is 344 g/mol. The van der Waals surface area contributed by atoms with E-state index in [0.29, 0.717) is 12.0 Å². The number of carbonyl (C=O) groups excluding carboxylic acids is 1. The Labute approximate surface area is 149 Å². The van der Waals surface area contributed by atoms with Gasteiger partial charge in [-0.3, -0.25) is 4.79 Å². The summed E-state index contributed by atoms with van der Waals surface area (Å²) in [5.74, 6) is -1.20. The van der Waals surface area contributed by atoms with Gasteiger partial charge in [0, 0.05) is 11.1 Å². The van der Waals surface area contributed by atoms with E-state index >= 15 is 0 Å². The molecule has 2 atom stereocenters. The number of allylic oxidation sites excluding steroid dienone is 3. The molecule has 1 aliphatic carbocycles. The molecule has 1 aliphatic rings. The fourth-order valence-corrected chi connectivity index (χ4v) is 3.66. The summed E-state index contributed by atoms with van der Waals surface area (Å²) in [6, 6.07) is 3.30. The van der Waals surface area contributed by atoms with Crippen LogP contribution in [0.25, 0.3) is 0 Å². The highest BCUT2D eigenvalue weighted by molar-refractivity contribution is 5.94. The summed E-state index contributed by atoms with van der Waals surface area (Å²) >= 11 is 0. The van der Waals surface area contributed by atoms with Gasteiger partial charge in [0.15, 0.2) is 5.78 Å². The smallest absolute Gasteiger partial charge is 0.159 e. The first-order valence-electron chi connectivity index (χ1n) is 8.91. The summed E-state index contributed by atoms with van der Waals surface area (Å²) in [7, 11) is 0. The van der Waals surface area contributed by atoms with Crippen molar-refractivity contribution in [2.75, 3.05) is 0 Å². The number of Topliss-reactive ketones (excluding diaryl/α,β-unsaturated/α-hetero) is 1. The Kier molecular flexibility index (Phi) is 5.93. The second-order valence-corrected chi connectivity index (χ2v) is 7.06. The predicted octanol–water partition coefficient (Wildman–Crippen LogP) is 4.91. The zero-order valence-electron chi connectivity index (χ0n) is 15.3. The Hall–Kier alpha value is -2.23. The number of aryl methyl sites for hydroxylation is 1. The number of hydrogen-bond acceptors (Lipinski definition) is 4. The molecular formula is C21H28O4. The summed E-state index contributed by atoms with van der Waals surface area (Å²) in [4.78, 5) is 11.8. The van der Waals surface area contributed by atoms with Crippen molar-refractivity contribution in [1.82, 2.24) is 0 Å². The molecule has 0 amide bonds. The molecule has 4 heteroatoms. The molecule has 0 spiro atoms. The van der Waals surface area contributed by atoms with Gasteiger partial charge >= 0.3 is 0 Å². The lowest BCUT2D eigenvalue weighted by Crippen LogP contribution is -2.11. The molecule has 25 heavy (non-hydrogen) atoms. The van der Waals surface area contributed by atoms with Crippen LogP contribution in [-0.2, 0) is 11.2 Å². The van der Waals surface area contributed by atoms with Crippen LogP contribution >= 0.6 is 0 Å².